The molecule has 0 fully saturated rings. The molecule has 0 saturated carbocycles. The van der Waals surface area contributed by atoms with E-state index in [1.165, 1.54) is 0 Å². The summed E-state index contributed by atoms with van der Waals surface area (Å²) in [6.07, 6.45) is 0. The molecule has 0 aliphatic carbocycles. The van der Waals surface area contributed by atoms with Crippen LogP contribution in [0, 0.1) is 6.92 Å². The summed E-state index contributed by atoms with van der Waals surface area (Å²) in [5.74, 6) is 1.80. The number of aromatic nitrogens is 2. The Morgan fingerprint density at radius 3 is 2.67 bits per heavy atom. The van der Waals surface area contributed by atoms with Crippen LogP contribution in [0.5, 0.6) is 5.75 Å². The summed E-state index contributed by atoms with van der Waals surface area (Å²) in [6.45, 7) is 4.20. The summed E-state index contributed by atoms with van der Waals surface area (Å²) in [7, 11) is 1.72. The van der Waals surface area contributed by atoms with Crippen LogP contribution in [0.1, 0.15) is 5.56 Å². The molecule has 0 amide bonds. The Bertz CT molecular complexity index is 801. The third-order valence-electron chi connectivity index (χ3n) is 3.80. The number of benzene rings is 2. The fourth-order valence-corrected chi connectivity index (χ4v) is 3.42. The lowest BCUT2D eigenvalue weighted by Crippen LogP contribution is -2.07. The van der Waals surface area contributed by atoms with E-state index in [4.69, 9.17) is 14.5 Å². The molecule has 1 aromatic heterocycles. The fourth-order valence-electron chi connectivity index (χ4n) is 2.57. The van der Waals surface area contributed by atoms with Gasteiger partial charge >= 0.3 is 0 Å². The van der Waals surface area contributed by atoms with E-state index >= 15 is 0 Å². The number of ether oxygens (including phenoxy) is 2. The lowest BCUT2D eigenvalue weighted by Gasteiger charge is -2.10. The first-order valence-electron chi connectivity index (χ1n) is 8.05. The smallest absolute Gasteiger partial charge is 0.169 e. The standard InChI is InChI=1S/C19H22N2O2S/c1-15-7-3-6-10-18(15)23-13-14-24-19-20-16-8-4-5-9-17(16)21(19)11-12-22-2/h3-10H,11-14H2,1-2H3. The second kappa shape index (κ2) is 8.22. The molecule has 5 heteroatoms. The van der Waals surface area contributed by atoms with E-state index < -0.39 is 0 Å². The molecule has 1 heterocycles. The van der Waals surface area contributed by atoms with Gasteiger partial charge in [0.15, 0.2) is 5.16 Å². The van der Waals surface area contributed by atoms with Gasteiger partial charge in [0.2, 0.25) is 0 Å². The largest absolute Gasteiger partial charge is 0.492 e. The maximum atomic E-state index is 5.87. The first-order chi connectivity index (χ1) is 11.8. The zero-order chi connectivity index (χ0) is 16.8. The van der Waals surface area contributed by atoms with E-state index in [2.05, 4.69) is 23.6 Å². The van der Waals surface area contributed by atoms with Crippen LogP contribution in [-0.2, 0) is 11.3 Å². The highest BCUT2D eigenvalue weighted by atomic mass is 32.2. The van der Waals surface area contributed by atoms with Crippen molar-refractivity contribution < 1.29 is 9.47 Å². The van der Waals surface area contributed by atoms with Crippen molar-refractivity contribution >= 4 is 22.8 Å². The van der Waals surface area contributed by atoms with Crippen molar-refractivity contribution in [2.24, 2.45) is 0 Å². The van der Waals surface area contributed by atoms with E-state index in [0.29, 0.717) is 13.2 Å². The Hall–Kier alpha value is -1.98. The van der Waals surface area contributed by atoms with Crippen LogP contribution < -0.4 is 4.74 Å². The highest BCUT2D eigenvalue weighted by Gasteiger charge is 2.10. The molecule has 0 unspecified atom stereocenters. The molecule has 0 bridgehead atoms. The van der Waals surface area contributed by atoms with Crippen LogP contribution >= 0.6 is 11.8 Å². The van der Waals surface area contributed by atoms with Crippen LogP contribution in [0.15, 0.2) is 53.7 Å². The first kappa shape index (κ1) is 16.9. The molecule has 0 saturated heterocycles. The van der Waals surface area contributed by atoms with E-state index in [0.717, 1.165) is 39.8 Å². The van der Waals surface area contributed by atoms with Crippen molar-refractivity contribution in [3.8, 4) is 5.75 Å². The monoisotopic (exact) mass is 342 g/mol. The molecule has 126 valence electrons. The van der Waals surface area contributed by atoms with Gasteiger partial charge in [-0.2, -0.15) is 0 Å². The van der Waals surface area contributed by atoms with Gasteiger partial charge in [0.25, 0.3) is 0 Å². The number of imidazole rings is 1. The molecule has 3 aromatic rings. The number of methoxy groups -OCH3 is 1. The first-order valence-corrected chi connectivity index (χ1v) is 9.03. The van der Waals surface area contributed by atoms with Crippen LogP contribution in [0.3, 0.4) is 0 Å². The summed E-state index contributed by atoms with van der Waals surface area (Å²) in [4.78, 5) is 4.74. The fraction of sp³-hybridized carbons (Fsp3) is 0.316. The number of para-hydroxylation sites is 3. The average Bonchev–Trinajstić information content (AvgIpc) is 2.96. The molecular weight excluding hydrogens is 320 g/mol. The number of fused-ring (bicyclic) bond motifs is 1. The number of aryl methyl sites for hydroxylation is 1. The third-order valence-corrected chi connectivity index (χ3v) is 4.74. The molecule has 0 radical (unpaired) electrons. The number of thioether (sulfide) groups is 1. The molecule has 24 heavy (non-hydrogen) atoms. The number of hydrogen-bond donors (Lipinski definition) is 0. The molecule has 0 spiro atoms. The lowest BCUT2D eigenvalue weighted by atomic mass is 10.2. The Morgan fingerprint density at radius 1 is 1.04 bits per heavy atom. The van der Waals surface area contributed by atoms with Crippen molar-refractivity contribution in [3.63, 3.8) is 0 Å². The van der Waals surface area contributed by atoms with Gasteiger partial charge < -0.3 is 14.0 Å². The number of hydrogen-bond acceptors (Lipinski definition) is 4. The van der Waals surface area contributed by atoms with Crippen molar-refractivity contribution in [1.82, 2.24) is 9.55 Å². The molecular formula is C19H22N2O2S. The van der Waals surface area contributed by atoms with Gasteiger partial charge in [-0.1, -0.05) is 42.1 Å². The Morgan fingerprint density at radius 2 is 1.83 bits per heavy atom. The zero-order valence-electron chi connectivity index (χ0n) is 14.1. The van der Waals surface area contributed by atoms with E-state index in [1.807, 2.05) is 36.4 Å². The van der Waals surface area contributed by atoms with E-state index in [-0.39, 0.29) is 0 Å². The quantitative estimate of drug-likeness (QED) is 0.455. The normalized spacial score (nSPS) is 11.1. The minimum absolute atomic E-state index is 0.656. The van der Waals surface area contributed by atoms with E-state index in [1.54, 1.807) is 18.9 Å². The maximum absolute atomic E-state index is 5.87. The molecule has 3 rings (SSSR count). The zero-order valence-corrected chi connectivity index (χ0v) is 14.9. The van der Waals surface area contributed by atoms with Gasteiger partial charge in [0.05, 0.1) is 24.2 Å². The van der Waals surface area contributed by atoms with Gasteiger partial charge in [-0.15, -0.1) is 0 Å². The lowest BCUT2D eigenvalue weighted by molar-refractivity contribution is 0.186. The van der Waals surface area contributed by atoms with Crippen LogP contribution in [-0.4, -0.2) is 35.6 Å². The summed E-state index contributed by atoms with van der Waals surface area (Å²) in [5.41, 5.74) is 3.34. The second-order valence-electron chi connectivity index (χ2n) is 5.49. The Labute approximate surface area is 146 Å². The van der Waals surface area contributed by atoms with E-state index in [9.17, 15) is 0 Å². The van der Waals surface area contributed by atoms with Gasteiger partial charge in [0, 0.05) is 19.4 Å². The molecule has 0 aliphatic heterocycles. The minimum atomic E-state index is 0.656. The van der Waals surface area contributed by atoms with Gasteiger partial charge in [0.1, 0.15) is 5.75 Å². The summed E-state index contributed by atoms with van der Waals surface area (Å²) in [5, 5.41) is 1.02. The Balaban J connectivity index is 1.65. The molecule has 0 atom stereocenters. The van der Waals surface area contributed by atoms with Gasteiger partial charge in [-0.3, -0.25) is 0 Å². The van der Waals surface area contributed by atoms with Crippen molar-refractivity contribution in [2.75, 3.05) is 26.1 Å². The third kappa shape index (κ3) is 3.91. The highest BCUT2D eigenvalue weighted by Crippen LogP contribution is 2.24. The van der Waals surface area contributed by atoms with Crippen molar-refractivity contribution in [1.29, 1.82) is 0 Å². The molecule has 4 nitrogen and oxygen atoms in total. The van der Waals surface area contributed by atoms with Crippen LogP contribution in [0.25, 0.3) is 11.0 Å². The summed E-state index contributed by atoms with van der Waals surface area (Å²) < 4.78 is 13.3. The topological polar surface area (TPSA) is 36.3 Å². The van der Waals surface area contributed by atoms with Crippen molar-refractivity contribution in [3.05, 3.63) is 54.1 Å². The average molecular weight is 342 g/mol. The van der Waals surface area contributed by atoms with Crippen molar-refractivity contribution in [2.45, 2.75) is 18.6 Å². The second-order valence-corrected chi connectivity index (χ2v) is 6.55. The van der Waals surface area contributed by atoms with Crippen LogP contribution in [0.2, 0.25) is 0 Å². The molecule has 0 N–H and O–H groups in total. The predicted octanol–water partition coefficient (Wildman–Crippen LogP) is 4.16. The maximum Gasteiger partial charge on any atom is 0.169 e. The number of nitrogens with zero attached hydrogens (tertiary/aromatic N) is 2. The minimum Gasteiger partial charge on any atom is -0.492 e. The predicted molar refractivity (Wildman–Crippen MR) is 99.0 cm³/mol. The van der Waals surface area contributed by atoms with Crippen LogP contribution in [0.4, 0.5) is 0 Å². The molecule has 2 aromatic carbocycles. The van der Waals surface area contributed by atoms with Gasteiger partial charge in [-0.25, -0.2) is 4.98 Å². The Kier molecular flexibility index (Phi) is 5.77. The highest BCUT2D eigenvalue weighted by molar-refractivity contribution is 7.99. The number of rotatable bonds is 8. The SMILES string of the molecule is COCCn1c(SCCOc2ccccc2C)nc2ccccc21. The molecule has 0 aliphatic rings. The summed E-state index contributed by atoms with van der Waals surface area (Å²) in [6, 6.07) is 16.3. The summed E-state index contributed by atoms with van der Waals surface area (Å²) >= 11 is 1.72. The van der Waals surface area contributed by atoms with Gasteiger partial charge in [-0.05, 0) is 30.7 Å².